The van der Waals surface area contributed by atoms with Gasteiger partial charge in [-0.25, -0.2) is 12.4 Å². The maximum atomic E-state index is 13.9. The normalized spacial score (nSPS) is 12.4. The van der Waals surface area contributed by atoms with Crippen LogP contribution in [0.5, 0.6) is 0 Å². The molecule has 0 atom stereocenters. The number of nitrogens with zero attached hydrogens (tertiary/aromatic N) is 2. The van der Waals surface area contributed by atoms with Crippen molar-refractivity contribution in [1.29, 1.82) is 0 Å². The van der Waals surface area contributed by atoms with Crippen molar-refractivity contribution in [2.24, 2.45) is 0 Å². The third kappa shape index (κ3) is 3.45. The standard InChI is InChI=1S/C30H28N2O2S/c1-2-3-4-12-19-31-27-17-10-8-15-23(27)25-21-30-26(20-29(25)31)24-16-9-11-18-28(24)32(30)35(33,34)22-13-6-5-7-14-22/h5-11,13-18,20-21H,2-4,12,19H2,1H3. The first-order valence-corrected chi connectivity index (χ1v) is 13.8. The first kappa shape index (κ1) is 21.9. The highest BCUT2D eigenvalue weighted by molar-refractivity contribution is 7.90. The van der Waals surface area contributed by atoms with E-state index in [2.05, 4.69) is 47.9 Å². The molecule has 4 aromatic carbocycles. The van der Waals surface area contributed by atoms with Gasteiger partial charge in [0, 0.05) is 39.1 Å². The summed E-state index contributed by atoms with van der Waals surface area (Å²) in [6, 6.07) is 29.2. The molecule has 6 rings (SSSR count). The van der Waals surface area contributed by atoms with E-state index in [1.165, 1.54) is 28.8 Å². The quantitative estimate of drug-likeness (QED) is 0.220. The van der Waals surface area contributed by atoms with E-state index in [1.54, 1.807) is 24.3 Å². The Balaban J connectivity index is 1.68. The van der Waals surface area contributed by atoms with Crippen molar-refractivity contribution in [2.75, 3.05) is 0 Å². The second-order valence-corrected chi connectivity index (χ2v) is 11.0. The lowest BCUT2D eigenvalue weighted by atomic mass is 10.1. The molecule has 2 aromatic heterocycles. The molecule has 2 heterocycles. The summed E-state index contributed by atoms with van der Waals surface area (Å²) in [5.74, 6) is 0. The van der Waals surface area contributed by atoms with Crippen molar-refractivity contribution in [3.05, 3.63) is 91.0 Å². The Morgan fingerprint density at radius 2 is 1.20 bits per heavy atom. The van der Waals surface area contributed by atoms with Gasteiger partial charge < -0.3 is 4.57 Å². The van der Waals surface area contributed by atoms with E-state index in [0.717, 1.165) is 45.5 Å². The number of para-hydroxylation sites is 2. The van der Waals surface area contributed by atoms with Gasteiger partial charge in [-0.15, -0.1) is 0 Å². The van der Waals surface area contributed by atoms with Crippen LogP contribution in [0.1, 0.15) is 32.6 Å². The number of hydrogen-bond donors (Lipinski definition) is 0. The summed E-state index contributed by atoms with van der Waals surface area (Å²) in [6.45, 7) is 3.19. The van der Waals surface area contributed by atoms with Gasteiger partial charge in [0.25, 0.3) is 10.0 Å². The predicted molar refractivity (Wildman–Crippen MR) is 146 cm³/mol. The van der Waals surface area contributed by atoms with Crippen LogP contribution in [0.4, 0.5) is 0 Å². The SMILES string of the molecule is CCCCCCn1c2ccccc2c2cc3c(cc21)c1ccccc1n3S(=O)(=O)c1ccccc1. The van der Waals surface area contributed by atoms with Gasteiger partial charge >= 0.3 is 0 Å². The van der Waals surface area contributed by atoms with E-state index < -0.39 is 10.0 Å². The first-order chi connectivity index (χ1) is 17.1. The Morgan fingerprint density at radius 3 is 1.94 bits per heavy atom. The zero-order chi connectivity index (χ0) is 24.0. The second-order valence-electron chi connectivity index (χ2n) is 9.22. The van der Waals surface area contributed by atoms with E-state index in [9.17, 15) is 8.42 Å². The molecule has 5 heteroatoms. The minimum atomic E-state index is -3.77. The van der Waals surface area contributed by atoms with Gasteiger partial charge in [0.05, 0.1) is 15.9 Å². The Bertz CT molecular complexity index is 1790. The second kappa shape index (κ2) is 8.58. The smallest absolute Gasteiger partial charge is 0.268 e. The first-order valence-electron chi connectivity index (χ1n) is 12.4. The molecule has 0 amide bonds. The lowest BCUT2D eigenvalue weighted by Gasteiger charge is -2.10. The van der Waals surface area contributed by atoms with Crippen LogP contribution < -0.4 is 0 Å². The molecule has 0 N–H and O–H groups in total. The van der Waals surface area contributed by atoms with E-state index in [1.807, 2.05) is 30.3 Å². The van der Waals surface area contributed by atoms with Crippen LogP contribution in [0.2, 0.25) is 0 Å². The number of rotatable bonds is 7. The molecule has 35 heavy (non-hydrogen) atoms. The van der Waals surface area contributed by atoms with Crippen LogP contribution in [-0.4, -0.2) is 17.0 Å². The third-order valence-electron chi connectivity index (χ3n) is 7.04. The monoisotopic (exact) mass is 480 g/mol. The molecule has 4 nitrogen and oxygen atoms in total. The summed E-state index contributed by atoms with van der Waals surface area (Å²) in [4.78, 5) is 0.293. The third-order valence-corrected chi connectivity index (χ3v) is 8.78. The lowest BCUT2D eigenvalue weighted by molar-refractivity contribution is 0.590. The molecule has 0 aliphatic carbocycles. The zero-order valence-corrected chi connectivity index (χ0v) is 20.6. The number of fused-ring (bicyclic) bond motifs is 6. The molecule has 0 aliphatic heterocycles. The molecular formula is C30H28N2O2S. The van der Waals surface area contributed by atoms with E-state index >= 15 is 0 Å². The number of aryl methyl sites for hydroxylation is 1. The minimum Gasteiger partial charge on any atom is -0.340 e. The molecule has 0 saturated carbocycles. The van der Waals surface area contributed by atoms with Crippen molar-refractivity contribution in [2.45, 2.75) is 44.0 Å². The molecule has 0 spiro atoms. The molecule has 0 unspecified atom stereocenters. The highest BCUT2D eigenvalue weighted by Gasteiger charge is 2.24. The average molecular weight is 481 g/mol. The van der Waals surface area contributed by atoms with E-state index in [0.29, 0.717) is 10.4 Å². The highest BCUT2D eigenvalue weighted by Crippen LogP contribution is 2.38. The van der Waals surface area contributed by atoms with E-state index in [-0.39, 0.29) is 0 Å². The van der Waals surface area contributed by atoms with Crippen LogP contribution in [0.15, 0.2) is 95.9 Å². The Hall–Kier alpha value is -3.57. The van der Waals surface area contributed by atoms with Crippen LogP contribution in [0, 0.1) is 0 Å². The fraction of sp³-hybridized carbons (Fsp3) is 0.200. The maximum absolute atomic E-state index is 13.9. The van der Waals surface area contributed by atoms with Crippen molar-refractivity contribution in [3.63, 3.8) is 0 Å². The summed E-state index contributed by atoms with van der Waals surface area (Å²) in [7, 11) is -3.77. The van der Waals surface area contributed by atoms with Gasteiger partial charge in [-0.3, -0.25) is 0 Å². The largest absolute Gasteiger partial charge is 0.340 e. The van der Waals surface area contributed by atoms with Gasteiger partial charge in [0.1, 0.15) is 0 Å². The van der Waals surface area contributed by atoms with Gasteiger partial charge in [-0.1, -0.05) is 80.8 Å². The summed E-state index contributed by atoms with van der Waals surface area (Å²) in [5.41, 5.74) is 3.79. The maximum Gasteiger partial charge on any atom is 0.268 e. The molecule has 0 bridgehead atoms. The zero-order valence-electron chi connectivity index (χ0n) is 19.8. The van der Waals surface area contributed by atoms with Crippen molar-refractivity contribution in [3.8, 4) is 0 Å². The summed E-state index contributed by atoms with van der Waals surface area (Å²) in [6.07, 6.45) is 4.79. The van der Waals surface area contributed by atoms with Crippen LogP contribution in [0.3, 0.4) is 0 Å². The number of unbranched alkanes of at least 4 members (excludes halogenated alkanes) is 3. The number of aromatic nitrogens is 2. The minimum absolute atomic E-state index is 0.293. The Morgan fingerprint density at radius 1 is 0.600 bits per heavy atom. The molecule has 0 aliphatic rings. The molecule has 6 aromatic rings. The Labute approximate surface area is 205 Å². The van der Waals surface area contributed by atoms with Crippen molar-refractivity contribution < 1.29 is 8.42 Å². The number of hydrogen-bond acceptors (Lipinski definition) is 2. The lowest BCUT2D eigenvalue weighted by Crippen LogP contribution is -2.12. The van der Waals surface area contributed by atoms with E-state index in [4.69, 9.17) is 0 Å². The van der Waals surface area contributed by atoms with Crippen LogP contribution in [0.25, 0.3) is 43.6 Å². The van der Waals surface area contributed by atoms with Crippen LogP contribution >= 0.6 is 0 Å². The average Bonchev–Trinajstić information content (AvgIpc) is 3.38. The molecule has 176 valence electrons. The fourth-order valence-corrected chi connectivity index (χ4v) is 6.91. The van der Waals surface area contributed by atoms with Crippen molar-refractivity contribution in [1.82, 2.24) is 8.54 Å². The van der Waals surface area contributed by atoms with Gasteiger partial charge in [0.15, 0.2) is 0 Å². The highest BCUT2D eigenvalue weighted by atomic mass is 32.2. The Kier molecular flexibility index (Phi) is 5.37. The summed E-state index contributed by atoms with van der Waals surface area (Å²) < 4.78 is 31.7. The molecule has 0 fully saturated rings. The van der Waals surface area contributed by atoms with Gasteiger partial charge in [-0.2, -0.15) is 0 Å². The topological polar surface area (TPSA) is 44.0 Å². The van der Waals surface area contributed by atoms with Crippen LogP contribution in [-0.2, 0) is 16.6 Å². The van der Waals surface area contributed by atoms with Gasteiger partial charge in [0.2, 0.25) is 0 Å². The van der Waals surface area contributed by atoms with Gasteiger partial charge in [-0.05, 0) is 42.8 Å². The molecular weight excluding hydrogens is 452 g/mol. The molecule has 0 saturated heterocycles. The fourth-order valence-electron chi connectivity index (χ4n) is 5.37. The van der Waals surface area contributed by atoms with Crippen molar-refractivity contribution >= 4 is 53.6 Å². The number of benzene rings is 4. The predicted octanol–water partition coefficient (Wildman–Crippen LogP) is 7.72. The molecule has 0 radical (unpaired) electrons. The summed E-state index contributed by atoms with van der Waals surface area (Å²) in [5, 5.41) is 4.17. The summed E-state index contributed by atoms with van der Waals surface area (Å²) >= 11 is 0.